The molecule has 4 nitrogen and oxygen atoms in total. The first-order chi connectivity index (χ1) is 8.61. The van der Waals surface area contributed by atoms with Crippen LogP contribution in [0.1, 0.15) is 15.9 Å². The normalized spacial score (nSPS) is 10.1. The molecule has 1 amide bonds. The van der Waals surface area contributed by atoms with Gasteiger partial charge in [-0.15, -0.1) is 6.58 Å². The Morgan fingerprint density at radius 3 is 2.89 bits per heavy atom. The van der Waals surface area contributed by atoms with E-state index in [4.69, 9.17) is 4.74 Å². The fourth-order valence-corrected chi connectivity index (χ4v) is 1.66. The first kappa shape index (κ1) is 14.3. The number of phenolic OH excluding ortho intramolecular Hbond substituents is 1. The van der Waals surface area contributed by atoms with Crippen LogP contribution >= 0.6 is 0 Å². The predicted octanol–water partition coefficient (Wildman–Crippen LogP) is 1.98. The van der Waals surface area contributed by atoms with Crippen molar-refractivity contribution < 1.29 is 14.6 Å². The molecule has 1 aromatic carbocycles. The summed E-state index contributed by atoms with van der Waals surface area (Å²) in [4.78, 5) is 14.0. The molecule has 0 atom stereocenters. The van der Waals surface area contributed by atoms with E-state index >= 15 is 0 Å². The zero-order valence-electron chi connectivity index (χ0n) is 10.8. The zero-order chi connectivity index (χ0) is 13.5. The van der Waals surface area contributed by atoms with Crippen molar-refractivity contribution in [2.45, 2.75) is 6.92 Å². The number of phenols is 1. The molecule has 0 unspecified atom stereocenters. The maximum absolute atomic E-state index is 12.3. The van der Waals surface area contributed by atoms with Crippen molar-refractivity contribution in [1.29, 1.82) is 0 Å². The van der Waals surface area contributed by atoms with Crippen LogP contribution in [0.3, 0.4) is 0 Å². The van der Waals surface area contributed by atoms with Gasteiger partial charge < -0.3 is 14.7 Å². The molecular formula is C14H19NO3. The molecule has 0 aliphatic heterocycles. The molecule has 98 valence electrons. The minimum Gasteiger partial charge on any atom is -0.508 e. The summed E-state index contributed by atoms with van der Waals surface area (Å²) in [5, 5.41) is 9.62. The summed E-state index contributed by atoms with van der Waals surface area (Å²) in [7, 11) is 1.59. The van der Waals surface area contributed by atoms with Gasteiger partial charge >= 0.3 is 0 Å². The molecule has 18 heavy (non-hydrogen) atoms. The molecule has 1 rings (SSSR count). The van der Waals surface area contributed by atoms with Crippen molar-refractivity contribution in [3.8, 4) is 5.75 Å². The summed E-state index contributed by atoms with van der Waals surface area (Å²) in [5.41, 5.74) is 1.10. The summed E-state index contributed by atoms with van der Waals surface area (Å²) in [5.74, 6) is 0.00601. The summed E-state index contributed by atoms with van der Waals surface area (Å²) < 4.78 is 4.98. The van der Waals surface area contributed by atoms with Gasteiger partial charge in [0.05, 0.1) is 6.61 Å². The number of ether oxygens (including phenoxy) is 1. The number of carbonyl (C=O) groups is 1. The number of hydrogen-bond acceptors (Lipinski definition) is 3. The number of benzene rings is 1. The molecule has 0 saturated heterocycles. The van der Waals surface area contributed by atoms with Crippen LogP contribution in [0.25, 0.3) is 0 Å². The van der Waals surface area contributed by atoms with Gasteiger partial charge in [0.25, 0.3) is 5.91 Å². The maximum Gasteiger partial charge on any atom is 0.254 e. The van der Waals surface area contributed by atoms with Gasteiger partial charge in [0.15, 0.2) is 0 Å². The van der Waals surface area contributed by atoms with Crippen molar-refractivity contribution in [3.63, 3.8) is 0 Å². The number of aromatic hydroxyl groups is 1. The minimum absolute atomic E-state index is 0.125. The van der Waals surface area contributed by atoms with E-state index in [1.807, 2.05) is 0 Å². The lowest BCUT2D eigenvalue weighted by Crippen LogP contribution is -2.34. The zero-order valence-corrected chi connectivity index (χ0v) is 10.8. The molecule has 0 fully saturated rings. The van der Waals surface area contributed by atoms with E-state index in [1.54, 1.807) is 43.2 Å². The molecular weight excluding hydrogens is 230 g/mol. The van der Waals surface area contributed by atoms with Gasteiger partial charge in [0, 0.05) is 31.3 Å². The van der Waals surface area contributed by atoms with Crippen LogP contribution in [-0.2, 0) is 4.74 Å². The van der Waals surface area contributed by atoms with Gasteiger partial charge in [-0.3, -0.25) is 4.79 Å². The number of hydrogen-bond donors (Lipinski definition) is 1. The van der Waals surface area contributed by atoms with Gasteiger partial charge in [-0.2, -0.15) is 0 Å². The largest absolute Gasteiger partial charge is 0.508 e. The highest BCUT2D eigenvalue weighted by molar-refractivity contribution is 5.96. The fourth-order valence-electron chi connectivity index (χ4n) is 1.66. The van der Waals surface area contributed by atoms with Crippen molar-refractivity contribution >= 4 is 5.91 Å². The second kappa shape index (κ2) is 6.81. The Bertz CT molecular complexity index is 429. The number of methoxy groups -OCH3 is 1. The van der Waals surface area contributed by atoms with Gasteiger partial charge in [0.1, 0.15) is 5.75 Å². The molecule has 4 heteroatoms. The first-order valence-electron chi connectivity index (χ1n) is 5.79. The first-order valence-corrected chi connectivity index (χ1v) is 5.79. The number of rotatable bonds is 6. The van der Waals surface area contributed by atoms with Gasteiger partial charge in [0.2, 0.25) is 0 Å². The van der Waals surface area contributed by atoms with E-state index in [0.717, 1.165) is 0 Å². The molecule has 1 aromatic rings. The summed E-state index contributed by atoms with van der Waals surface area (Å²) >= 11 is 0. The average Bonchev–Trinajstić information content (AvgIpc) is 2.37. The lowest BCUT2D eigenvalue weighted by Gasteiger charge is -2.21. The summed E-state index contributed by atoms with van der Waals surface area (Å²) in [6.45, 7) is 6.79. The SMILES string of the molecule is C=CCN(CCOC)C(=O)c1cccc(O)c1C. The highest BCUT2D eigenvalue weighted by Crippen LogP contribution is 2.20. The highest BCUT2D eigenvalue weighted by Gasteiger charge is 2.17. The Morgan fingerprint density at radius 1 is 1.56 bits per heavy atom. The molecule has 0 spiro atoms. The summed E-state index contributed by atoms with van der Waals surface area (Å²) in [6.07, 6.45) is 1.67. The molecule has 0 saturated carbocycles. The number of nitrogens with zero attached hydrogens (tertiary/aromatic N) is 1. The monoisotopic (exact) mass is 249 g/mol. The molecule has 1 N–H and O–H groups in total. The van der Waals surface area contributed by atoms with E-state index < -0.39 is 0 Å². The van der Waals surface area contributed by atoms with Crippen molar-refractivity contribution in [2.24, 2.45) is 0 Å². The third-order valence-corrected chi connectivity index (χ3v) is 2.74. The van der Waals surface area contributed by atoms with Crippen LogP contribution in [0, 0.1) is 6.92 Å². The topological polar surface area (TPSA) is 49.8 Å². The quantitative estimate of drug-likeness (QED) is 0.784. The third kappa shape index (κ3) is 3.34. The minimum atomic E-state index is -0.125. The van der Waals surface area contributed by atoms with E-state index in [9.17, 15) is 9.90 Å². The standard InChI is InChI=1S/C14H19NO3/c1-4-8-15(9-10-18-3)14(17)12-6-5-7-13(16)11(12)2/h4-7,16H,1,8-10H2,2-3H3. The van der Waals surface area contributed by atoms with E-state index in [0.29, 0.717) is 30.8 Å². The van der Waals surface area contributed by atoms with Crippen molar-refractivity contribution in [2.75, 3.05) is 26.8 Å². The Morgan fingerprint density at radius 2 is 2.28 bits per heavy atom. The van der Waals surface area contributed by atoms with Crippen LogP contribution in [-0.4, -0.2) is 42.7 Å². The van der Waals surface area contributed by atoms with E-state index in [1.165, 1.54) is 0 Å². The lowest BCUT2D eigenvalue weighted by molar-refractivity contribution is 0.0717. The number of amides is 1. The second-order valence-electron chi connectivity index (χ2n) is 3.98. The van der Waals surface area contributed by atoms with E-state index in [-0.39, 0.29) is 11.7 Å². The van der Waals surface area contributed by atoms with Crippen LogP contribution in [0.5, 0.6) is 5.75 Å². The maximum atomic E-state index is 12.3. The molecule has 0 heterocycles. The Hall–Kier alpha value is -1.81. The Balaban J connectivity index is 2.94. The van der Waals surface area contributed by atoms with Gasteiger partial charge in [-0.05, 0) is 19.1 Å². The average molecular weight is 249 g/mol. The molecule has 0 aliphatic carbocycles. The smallest absolute Gasteiger partial charge is 0.254 e. The van der Waals surface area contributed by atoms with Crippen molar-refractivity contribution in [1.82, 2.24) is 4.90 Å². The molecule has 0 bridgehead atoms. The van der Waals surface area contributed by atoms with Crippen LogP contribution in [0.15, 0.2) is 30.9 Å². The highest BCUT2D eigenvalue weighted by atomic mass is 16.5. The number of carbonyl (C=O) groups excluding carboxylic acids is 1. The predicted molar refractivity (Wildman–Crippen MR) is 70.8 cm³/mol. The molecule has 0 aromatic heterocycles. The van der Waals surface area contributed by atoms with Crippen LogP contribution < -0.4 is 0 Å². The Kier molecular flexibility index (Phi) is 5.39. The van der Waals surface area contributed by atoms with Crippen LogP contribution in [0.4, 0.5) is 0 Å². The van der Waals surface area contributed by atoms with E-state index in [2.05, 4.69) is 6.58 Å². The molecule has 0 radical (unpaired) electrons. The second-order valence-corrected chi connectivity index (χ2v) is 3.98. The third-order valence-electron chi connectivity index (χ3n) is 2.74. The van der Waals surface area contributed by atoms with Crippen LogP contribution in [0.2, 0.25) is 0 Å². The molecule has 0 aliphatic rings. The van der Waals surface area contributed by atoms with Gasteiger partial charge in [-0.1, -0.05) is 12.1 Å². The van der Waals surface area contributed by atoms with Crippen molar-refractivity contribution in [3.05, 3.63) is 42.0 Å². The van der Waals surface area contributed by atoms with Gasteiger partial charge in [-0.25, -0.2) is 0 Å². The summed E-state index contributed by atoms with van der Waals surface area (Å²) in [6, 6.07) is 4.94. The fraction of sp³-hybridized carbons (Fsp3) is 0.357. The lowest BCUT2D eigenvalue weighted by atomic mass is 10.1. The Labute approximate surface area is 107 Å².